The number of aliphatic imine (C=N–C) groups is 1. The van der Waals surface area contributed by atoms with E-state index >= 15 is 0 Å². The second-order valence-electron chi connectivity index (χ2n) is 10.2. The summed E-state index contributed by atoms with van der Waals surface area (Å²) in [6, 6.07) is 21.6. The summed E-state index contributed by atoms with van der Waals surface area (Å²) in [5.74, 6) is 0.609. The monoisotopic (exact) mass is 552 g/mol. The second kappa shape index (κ2) is 12.0. The van der Waals surface area contributed by atoms with E-state index in [1.807, 2.05) is 82.4 Å². The van der Waals surface area contributed by atoms with Gasteiger partial charge in [0, 0.05) is 28.7 Å². The summed E-state index contributed by atoms with van der Waals surface area (Å²) >= 11 is 1.44. The number of carbonyl (C=O) groups is 2. The van der Waals surface area contributed by atoms with E-state index in [1.165, 1.54) is 24.6 Å². The third-order valence-electron chi connectivity index (χ3n) is 7.47. The number of hydrogen-bond acceptors (Lipinski definition) is 5. The van der Waals surface area contributed by atoms with Crippen LogP contribution in [0.15, 0.2) is 93.5 Å². The third-order valence-corrected chi connectivity index (χ3v) is 8.45. The Bertz CT molecular complexity index is 1550. The molecule has 4 aromatic rings. The van der Waals surface area contributed by atoms with Crippen LogP contribution in [0.5, 0.6) is 0 Å². The Labute approximate surface area is 237 Å². The van der Waals surface area contributed by atoms with Crippen LogP contribution in [0.2, 0.25) is 0 Å². The van der Waals surface area contributed by atoms with Gasteiger partial charge < -0.3 is 14.3 Å². The molecule has 204 valence electrons. The lowest BCUT2D eigenvalue weighted by Crippen LogP contribution is -2.39. The van der Waals surface area contributed by atoms with Crippen LogP contribution < -0.4 is 5.32 Å². The molecule has 1 saturated carbocycles. The summed E-state index contributed by atoms with van der Waals surface area (Å²) in [5.41, 5.74) is 2.69. The fourth-order valence-electron chi connectivity index (χ4n) is 5.49. The van der Waals surface area contributed by atoms with E-state index in [4.69, 9.17) is 9.41 Å². The van der Waals surface area contributed by atoms with Crippen molar-refractivity contribution in [3.05, 3.63) is 95.4 Å². The first-order valence-electron chi connectivity index (χ1n) is 13.9. The highest BCUT2D eigenvalue weighted by Gasteiger charge is 2.38. The van der Waals surface area contributed by atoms with Gasteiger partial charge in [0.2, 0.25) is 5.91 Å². The lowest BCUT2D eigenvalue weighted by atomic mass is 10.1. The first-order chi connectivity index (χ1) is 19.7. The highest BCUT2D eigenvalue weighted by atomic mass is 32.2. The Hall–Kier alpha value is -4.04. The summed E-state index contributed by atoms with van der Waals surface area (Å²) in [7, 11) is 0. The molecular weight excluding hydrogens is 520 g/mol. The van der Waals surface area contributed by atoms with Gasteiger partial charge in [-0.05, 0) is 61.0 Å². The highest BCUT2D eigenvalue weighted by Crippen LogP contribution is 2.39. The zero-order chi connectivity index (χ0) is 27.3. The molecule has 2 aliphatic rings. The van der Waals surface area contributed by atoms with Crippen molar-refractivity contribution in [1.82, 2.24) is 14.8 Å². The van der Waals surface area contributed by atoms with E-state index in [9.17, 15) is 9.59 Å². The second-order valence-corrected chi connectivity index (χ2v) is 11.3. The third kappa shape index (κ3) is 5.77. The number of hydrogen-bond donors (Lipinski definition) is 1. The summed E-state index contributed by atoms with van der Waals surface area (Å²) in [4.78, 5) is 34.2. The summed E-state index contributed by atoms with van der Waals surface area (Å²) in [6.45, 7) is 0.508. The topological polar surface area (TPSA) is 79.8 Å². The van der Waals surface area contributed by atoms with Gasteiger partial charge in [0.1, 0.15) is 12.3 Å². The molecule has 2 aromatic heterocycles. The van der Waals surface area contributed by atoms with Crippen molar-refractivity contribution in [2.24, 2.45) is 4.99 Å². The summed E-state index contributed by atoms with van der Waals surface area (Å²) in [5, 5.41) is 4.66. The molecule has 8 heteroatoms. The van der Waals surface area contributed by atoms with Gasteiger partial charge in [0.25, 0.3) is 5.91 Å². The molecule has 40 heavy (non-hydrogen) atoms. The minimum atomic E-state index is -0.112. The van der Waals surface area contributed by atoms with Crippen LogP contribution >= 0.6 is 11.8 Å². The molecule has 2 aromatic carbocycles. The lowest BCUT2D eigenvalue weighted by Gasteiger charge is -2.26. The lowest BCUT2D eigenvalue weighted by molar-refractivity contribution is -0.124. The Morgan fingerprint density at radius 1 is 1.00 bits per heavy atom. The Balaban J connectivity index is 1.30. The summed E-state index contributed by atoms with van der Waals surface area (Å²) in [6.07, 6.45) is 12.2. The molecule has 0 atom stereocenters. The predicted octanol–water partition coefficient (Wildman–Crippen LogP) is 6.88. The van der Waals surface area contributed by atoms with Crippen LogP contribution in [0, 0.1) is 0 Å². The minimum absolute atomic E-state index is 0.0135. The average Bonchev–Trinajstić information content (AvgIpc) is 3.62. The first kappa shape index (κ1) is 26.2. The molecular formula is C32H32N4O3S. The SMILES string of the molecule is O=C(Cn1cc(/C=C2/SC(=Nc3ccccc3)N(C3CCCCCC3)C2=O)c2ccccc21)NCc1ccco1. The van der Waals surface area contributed by atoms with E-state index in [0.717, 1.165) is 53.0 Å². The van der Waals surface area contributed by atoms with Crippen LogP contribution in [0.1, 0.15) is 49.8 Å². The van der Waals surface area contributed by atoms with Crippen molar-refractivity contribution in [3.8, 4) is 0 Å². The van der Waals surface area contributed by atoms with E-state index in [0.29, 0.717) is 17.2 Å². The van der Waals surface area contributed by atoms with Crippen LogP contribution in [-0.2, 0) is 22.7 Å². The molecule has 6 rings (SSSR count). The number of amidine groups is 1. The Morgan fingerprint density at radius 3 is 2.55 bits per heavy atom. The van der Waals surface area contributed by atoms with Gasteiger partial charge in [-0.15, -0.1) is 0 Å². The van der Waals surface area contributed by atoms with Gasteiger partial charge >= 0.3 is 0 Å². The zero-order valence-corrected chi connectivity index (χ0v) is 23.1. The predicted molar refractivity (Wildman–Crippen MR) is 160 cm³/mol. The number of benzene rings is 2. The van der Waals surface area contributed by atoms with Crippen LogP contribution in [-0.4, -0.2) is 32.5 Å². The fourth-order valence-corrected chi connectivity index (χ4v) is 6.54. The number of nitrogens with one attached hydrogen (secondary N) is 1. The molecule has 2 amide bonds. The maximum absolute atomic E-state index is 13.9. The Kier molecular flexibility index (Phi) is 7.86. The number of nitrogens with zero attached hydrogens (tertiary/aromatic N) is 3. The maximum Gasteiger partial charge on any atom is 0.267 e. The molecule has 0 radical (unpaired) electrons. The molecule has 1 saturated heterocycles. The standard InChI is InChI=1S/C32H32N4O3S/c37-30(33-20-26-15-10-18-39-26)22-35-21-23(27-16-8-9-17-28(27)35)19-29-31(38)36(25-13-6-1-2-7-14-25)32(40-29)34-24-11-4-3-5-12-24/h3-5,8-12,15-19,21,25H,1-2,6-7,13-14,20,22H2,(H,33,37)/b29-19+,34-32?. The van der Waals surface area contributed by atoms with Gasteiger partial charge in [0.15, 0.2) is 5.17 Å². The minimum Gasteiger partial charge on any atom is -0.467 e. The smallest absolute Gasteiger partial charge is 0.267 e. The molecule has 2 fully saturated rings. The molecule has 1 N–H and O–H groups in total. The van der Waals surface area contributed by atoms with Crippen LogP contribution in [0.3, 0.4) is 0 Å². The molecule has 0 bridgehead atoms. The number of para-hydroxylation sites is 2. The van der Waals surface area contributed by atoms with E-state index in [-0.39, 0.29) is 24.4 Å². The van der Waals surface area contributed by atoms with Crippen LogP contribution in [0.4, 0.5) is 5.69 Å². The number of amides is 2. The van der Waals surface area contributed by atoms with Crippen molar-refractivity contribution in [2.75, 3.05) is 0 Å². The van der Waals surface area contributed by atoms with Gasteiger partial charge in [-0.3, -0.25) is 14.5 Å². The number of thioether (sulfide) groups is 1. The van der Waals surface area contributed by atoms with Crippen molar-refractivity contribution in [2.45, 2.75) is 57.7 Å². The van der Waals surface area contributed by atoms with E-state index < -0.39 is 0 Å². The molecule has 1 aliphatic heterocycles. The fraction of sp³-hybridized carbons (Fsp3) is 0.281. The number of aromatic nitrogens is 1. The molecule has 3 heterocycles. The number of carbonyl (C=O) groups excluding carboxylic acids is 2. The van der Waals surface area contributed by atoms with Gasteiger partial charge in [0.05, 0.1) is 23.4 Å². The Morgan fingerprint density at radius 2 is 1.77 bits per heavy atom. The van der Waals surface area contributed by atoms with Gasteiger partial charge in [-0.2, -0.15) is 0 Å². The van der Waals surface area contributed by atoms with Gasteiger partial charge in [-0.1, -0.05) is 62.1 Å². The molecule has 0 unspecified atom stereocenters. The first-order valence-corrected chi connectivity index (χ1v) is 14.7. The number of furan rings is 1. The normalized spacial score (nSPS) is 18.6. The average molecular weight is 553 g/mol. The van der Waals surface area contributed by atoms with Crippen LogP contribution in [0.25, 0.3) is 17.0 Å². The summed E-state index contributed by atoms with van der Waals surface area (Å²) < 4.78 is 7.26. The van der Waals surface area contributed by atoms with Crippen molar-refractivity contribution < 1.29 is 14.0 Å². The number of fused-ring (bicyclic) bond motifs is 1. The van der Waals surface area contributed by atoms with E-state index in [1.54, 1.807) is 12.3 Å². The number of rotatable bonds is 7. The largest absolute Gasteiger partial charge is 0.467 e. The van der Waals surface area contributed by atoms with E-state index in [2.05, 4.69) is 5.32 Å². The van der Waals surface area contributed by atoms with Crippen molar-refractivity contribution in [3.63, 3.8) is 0 Å². The van der Waals surface area contributed by atoms with Crippen molar-refractivity contribution >= 4 is 51.4 Å². The zero-order valence-electron chi connectivity index (χ0n) is 22.3. The highest BCUT2D eigenvalue weighted by molar-refractivity contribution is 8.18. The van der Waals surface area contributed by atoms with Gasteiger partial charge in [-0.25, -0.2) is 4.99 Å². The molecule has 1 aliphatic carbocycles. The quantitative estimate of drug-likeness (QED) is 0.200. The molecule has 0 spiro atoms. The maximum atomic E-state index is 13.9. The van der Waals surface area contributed by atoms with Crippen molar-refractivity contribution in [1.29, 1.82) is 0 Å². The molecule has 7 nitrogen and oxygen atoms in total.